The summed E-state index contributed by atoms with van der Waals surface area (Å²) < 4.78 is 16.6. The monoisotopic (exact) mass is 357 g/mol. The molecule has 3 rings (SSSR count). The lowest BCUT2D eigenvalue weighted by Gasteiger charge is -2.22. The first-order valence-corrected chi connectivity index (χ1v) is 8.69. The van der Waals surface area contributed by atoms with Crippen molar-refractivity contribution in [1.82, 2.24) is 15.6 Å². The highest BCUT2D eigenvalue weighted by Gasteiger charge is 2.20. The Labute approximate surface area is 152 Å². The van der Waals surface area contributed by atoms with E-state index in [1.54, 1.807) is 12.3 Å². The van der Waals surface area contributed by atoms with Gasteiger partial charge in [0.05, 0.1) is 19.8 Å². The molecule has 1 amide bonds. The van der Waals surface area contributed by atoms with Crippen LogP contribution in [0.1, 0.15) is 12.5 Å². The minimum Gasteiger partial charge on any atom is -0.490 e. The number of carbonyl (C=O) groups excluding carboxylic acids is 1. The van der Waals surface area contributed by atoms with Crippen LogP contribution in [0.3, 0.4) is 0 Å². The number of aromatic nitrogens is 1. The summed E-state index contributed by atoms with van der Waals surface area (Å²) in [5.74, 6) is 1.69. The maximum atomic E-state index is 12.1. The molecule has 2 N–H and O–H groups in total. The lowest BCUT2D eigenvalue weighted by molar-refractivity contribution is -0.126. The smallest absolute Gasteiger partial charge is 0.239 e. The quantitative estimate of drug-likeness (QED) is 0.787. The Balaban J connectivity index is 1.54. The van der Waals surface area contributed by atoms with E-state index in [1.165, 1.54) is 0 Å². The molecule has 1 aromatic heterocycles. The minimum absolute atomic E-state index is 0.0735. The van der Waals surface area contributed by atoms with E-state index in [0.717, 1.165) is 5.56 Å². The molecule has 2 heterocycles. The van der Waals surface area contributed by atoms with E-state index in [-0.39, 0.29) is 11.9 Å². The zero-order valence-electron chi connectivity index (χ0n) is 14.7. The van der Waals surface area contributed by atoms with Crippen molar-refractivity contribution in [3.8, 4) is 17.4 Å². The van der Waals surface area contributed by atoms with Crippen LogP contribution in [0, 0.1) is 0 Å². The highest BCUT2D eigenvalue weighted by Crippen LogP contribution is 2.30. The van der Waals surface area contributed by atoms with Gasteiger partial charge in [-0.05, 0) is 24.6 Å². The van der Waals surface area contributed by atoms with Crippen LogP contribution < -0.4 is 20.1 Å². The van der Waals surface area contributed by atoms with Gasteiger partial charge in [0, 0.05) is 25.4 Å². The summed E-state index contributed by atoms with van der Waals surface area (Å²) >= 11 is 0. The fourth-order valence-electron chi connectivity index (χ4n) is 2.54. The van der Waals surface area contributed by atoms with E-state index in [0.29, 0.717) is 50.3 Å². The average Bonchev–Trinajstić information content (AvgIpc) is 2.69. The molecule has 0 bridgehead atoms. The van der Waals surface area contributed by atoms with Gasteiger partial charge in [-0.15, -0.1) is 0 Å². The zero-order valence-corrected chi connectivity index (χ0v) is 14.7. The Kier molecular flexibility index (Phi) is 6.40. The van der Waals surface area contributed by atoms with E-state index in [2.05, 4.69) is 15.6 Å². The van der Waals surface area contributed by atoms with Gasteiger partial charge >= 0.3 is 0 Å². The Morgan fingerprint density at radius 3 is 2.85 bits per heavy atom. The van der Waals surface area contributed by atoms with Gasteiger partial charge in [-0.1, -0.05) is 18.2 Å². The second-order valence-electron chi connectivity index (χ2n) is 5.79. The van der Waals surface area contributed by atoms with Crippen molar-refractivity contribution in [1.29, 1.82) is 0 Å². The third-order valence-electron chi connectivity index (χ3n) is 3.87. The van der Waals surface area contributed by atoms with Crippen LogP contribution in [-0.4, -0.2) is 43.3 Å². The minimum atomic E-state index is -0.297. The van der Waals surface area contributed by atoms with Crippen LogP contribution in [0.5, 0.6) is 17.4 Å². The molecule has 1 unspecified atom stereocenters. The van der Waals surface area contributed by atoms with Crippen LogP contribution >= 0.6 is 0 Å². The molecule has 1 saturated heterocycles. The average molecular weight is 357 g/mol. The topological polar surface area (TPSA) is 81.7 Å². The Morgan fingerprint density at radius 1 is 1.31 bits per heavy atom. The van der Waals surface area contributed by atoms with Crippen LogP contribution in [0.2, 0.25) is 0 Å². The zero-order chi connectivity index (χ0) is 18.2. The number of hydrogen-bond acceptors (Lipinski definition) is 6. The SMILES string of the molecule is CCOc1ccccc1Oc1ccc(CNC(=O)C2COCCN2)cn1. The second kappa shape index (κ2) is 9.17. The van der Waals surface area contributed by atoms with Crippen LogP contribution in [0.15, 0.2) is 42.6 Å². The summed E-state index contributed by atoms with van der Waals surface area (Å²) in [6.45, 7) is 4.62. The molecule has 0 aliphatic carbocycles. The molecule has 1 atom stereocenters. The Bertz CT molecular complexity index is 715. The number of benzene rings is 1. The van der Waals surface area contributed by atoms with Gasteiger partial charge < -0.3 is 24.8 Å². The standard InChI is InChI=1S/C19H23N3O4/c1-2-25-16-5-3-4-6-17(16)26-18-8-7-14(11-21-18)12-22-19(23)15-13-24-10-9-20-15/h3-8,11,15,20H,2,9-10,12-13H2,1H3,(H,22,23). The van der Waals surface area contributed by atoms with Gasteiger partial charge in [0.2, 0.25) is 11.8 Å². The molecule has 26 heavy (non-hydrogen) atoms. The molecule has 7 nitrogen and oxygen atoms in total. The fourth-order valence-corrected chi connectivity index (χ4v) is 2.54. The van der Waals surface area contributed by atoms with Gasteiger partial charge in [0.1, 0.15) is 6.04 Å². The van der Waals surface area contributed by atoms with Crippen molar-refractivity contribution in [3.63, 3.8) is 0 Å². The maximum absolute atomic E-state index is 12.1. The lowest BCUT2D eigenvalue weighted by Crippen LogP contribution is -2.51. The van der Waals surface area contributed by atoms with Crippen molar-refractivity contribution in [2.45, 2.75) is 19.5 Å². The van der Waals surface area contributed by atoms with Crippen molar-refractivity contribution in [2.24, 2.45) is 0 Å². The molecule has 7 heteroatoms. The number of morpholine rings is 1. The summed E-state index contributed by atoms with van der Waals surface area (Å²) in [6, 6.07) is 10.8. The fraction of sp³-hybridized carbons (Fsp3) is 0.368. The summed E-state index contributed by atoms with van der Waals surface area (Å²) in [5, 5.41) is 6.00. The van der Waals surface area contributed by atoms with E-state index in [1.807, 2.05) is 37.3 Å². The number of ether oxygens (including phenoxy) is 3. The van der Waals surface area contributed by atoms with Crippen molar-refractivity contribution >= 4 is 5.91 Å². The predicted octanol–water partition coefficient (Wildman–Crippen LogP) is 1.88. The number of nitrogens with one attached hydrogen (secondary N) is 2. The molecule has 0 radical (unpaired) electrons. The van der Waals surface area contributed by atoms with Gasteiger partial charge in [-0.25, -0.2) is 4.98 Å². The summed E-state index contributed by atoms with van der Waals surface area (Å²) in [6.07, 6.45) is 1.68. The number of para-hydroxylation sites is 2. The van der Waals surface area contributed by atoms with Gasteiger partial charge in [-0.2, -0.15) is 0 Å². The second-order valence-corrected chi connectivity index (χ2v) is 5.79. The van der Waals surface area contributed by atoms with Gasteiger partial charge in [0.25, 0.3) is 0 Å². The van der Waals surface area contributed by atoms with Crippen LogP contribution in [-0.2, 0) is 16.1 Å². The summed E-state index contributed by atoms with van der Waals surface area (Å²) in [4.78, 5) is 16.4. The number of nitrogens with zero attached hydrogens (tertiary/aromatic N) is 1. The molecule has 1 aliphatic heterocycles. The van der Waals surface area contributed by atoms with Gasteiger partial charge in [0.15, 0.2) is 11.5 Å². The molecular formula is C19H23N3O4. The summed E-state index contributed by atoms with van der Waals surface area (Å²) in [7, 11) is 0. The number of amides is 1. The first kappa shape index (κ1) is 18.2. The van der Waals surface area contributed by atoms with E-state index in [4.69, 9.17) is 14.2 Å². The predicted molar refractivity (Wildman–Crippen MR) is 96.4 cm³/mol. The van der Waals surface area contributed by atoms with E-state index >= 15 is 0 Å². The molecule has 1 fully saturated rings. The first-order valence-electron chi connectivity index (χ1n) is 8.69. The van der Waals surface area contributed by atoms with Crippen LogP contribution in [0.4, 0.5) is 0 Å². The molecule has 1 aliphatic rings. The normalized spacial score (nSPS) is 16.7. The van der Waals surface area contributed by atoms with Crippen molar-refractivity contribution in [2.75, 3.05) is 26.4 Å². The highest BCUT2D eigenvalue weighted by atomic mass is 16.5. The van der Waals surface area contributed by atoms with Crippen LogP contribution in [0.25, 0.3) is 0 Å². The third kappa shape index (κ3) is 4.93. The highest BCUT2D eigenvalue weighted by molar-refractivity contribution is 5.81. The number of pyridine rings is 1. The van der Waals surface area contributed by atoms with E-state index in [9.17, 15) is 4.79 Å². The third-order valence-corrected chi connectivity index (χ3v) is 3.87. The molecule has 0 spiro atoms. The number of rotatable bonds is 7. The Morgan fingerprint density at radius 2 is 2.15 bits per heavy atom. The summed E-state index contributed by atoms with van der Waals surface area (Å²) in [5.41, 5.74) is 0.889. The largest absolute Gasteiger partial charge is 0.490 e. The van der Waals surface area contributed by atoms with Gasteiger partial charge in [-0.3, -0.25) is 4.79 Å². The van der Waals surface area contributed by atoms with Crippen molar-refractivity contribution < 1.29 is 19.0 Å². The number of carbonyl (C=O) groups is 1. The maximum Gasteiger partial charge on any atom is 0.239 e. The number of hydrogen-bond donors (Lipinski definition) is 2. The molecule has 2 aromatic rings. The van der Waals surface area contributed by atoms with Crippen molar-refractivity contribution in [3.05, 3.63) is 48.2 Å². The molecule has 0 saturated carbocycles. The molecular weight excluding hydrogens is 334 g/mol. The lowest BCUT2D eigenvalue weighted by atomic mass is 10.2. The molecule has 1 aromatic carbocycles. The van der Waals surface area contributed by atoms with E-state index < -0.39 is 0 Å². The first-order chi connectivity index (χ1) is 12.8. The Hall–Kier alpha value is -2.64. The molecule has 138 valence electrons.